The van der Waals surface area contributed by atoms with Gasteiger partial charge < -0.3 is 5.11 Å². The normalized spacial score (nSPS) is 30.8. The summed E-state index contributed by atoms with van der Waals surface area (Å²) in [4.78, 5) is 0. The van der Waals surface area contributed by atoms with Gasteiger partial charge in [0, 0.05) is 0 Å². The zero-order valence-corrected chi connectivity index (χ0v) is 11.0. The van der Waals surface area contributed by atoms with E-state index in [2.05, 4.69) is 13.0 Å². The summed E-state index contributed by atoms with van der Waals surface area (Å²) in [6.45, 7) is 2.18. The molecular formula is C14H19NOS. The molecule has 1 aromatic rings. The van der Waals surface area contributed by atoms with Gasteiger partial charge in [-0.3, -0.25) is 0 Å². The number of aliphatic hydroxyl groups is 1. The summed E-state index contributed by atoms with van der Waals surface area (Å²) in [6.07, 6.45) is 4.44. The summed E-state index contributed by atoms with van der Waals surface area (Å²) in [5.41, 5.74) is 0.355. The zero-order valence-electron chi connectivity index (χ0n) is 10.2. The van der Waals surface area contributed by atoms with Crippen molar-refractivity contribution in [2.45, 2.75) is 45.1 Å². The monoisotopic (exact) mass is 249 g/mol. The first kappa shape index (κ1) is 12.6. The lowest BCUT2D eigenvalue weighted by Crippen LogP contribution is -2.33. The van der Waals surface area contributed by atoms with E-state index in [1.165, 1.54) is 6.42 Å². The number of nitriles is 1. The Morgan fingerprint density at radius 1 is 1.71 bits per heavy atom. The van der Waals surface area contributed by atoms with Crippen LogP contribution >= 0.6 is 11.3 Å². The number of hydrogen-bond donors (Lipinski definition) is 1. The molecule has 0 bridgehead atoms. The van der Waals surface area contributed by atoms with Crippen molar-refractivity contribution in [1.82, 2.24) is 0 Å². The molecule has 0 radical (unpaired) electrons. The molecule has 0 aliphatic heterocycles. The van der Waals surface area contributed by atoms with Gasteiger partial charge in [0.1, 0.15) is 0 Å². The third-order valence-electron chi connectivity index (χ3n) is 4.07. The molecule has 1 heterocycles. The van der Waals surface area contributed by atoms with E-state index in [1.54, 1.807) is 11.3 Å². The van der Waals surface area contributed by atoms with Gasteiger partial charge in [-0.15, -0.1) is 0 Å². The highest BCUT2D eigenvalue weighted by atomic mass is 32.1. The van der Waals surface area contributed by atoms with Crippen LogP contribution < -0.4 is 0 Å². The van der Waals surface area contributed by atoms with Crippen molar-refractivity contribution < 1.29 is 5.11 Å². The van der Waals surface area contributed by atoms with E-state index in [9.17, 15) is 10.4 Å². The lowest BCUT2D eigenvalue weighted by Gasteiger charge is -2.38. The number of thiophene rings is 1. The highest BCUT2D eigenvalue weighted by Gasteiger charge is 2.42. The van der Waals surface area contributed by atoms with Crippen molar-refractivity contribution in [2.24, 2.45) is 11.3 Å². The topological polar surface area (TPSA) is 44.0 Å². The van der Waals surface area contributed by atoms with Gasteiger partial charge in [-0.1, -0.05) is 26.2 Å². The van der Waals surface area contributed by atoms with Crippen molar-refractivity contribution in [1.29, 1.82) is 5.26 Å². The Hall–Kier alpha value is -0.850. The fraction of sp³-hybridized carbons (Fsp3) is 0.643. The maximum absolute atomic E-state index is 10.5. The summed E-state index contributed by atoms with van der Waals surface area (Å²) >= 11 is 1.58. The number of aliphatic hydroxyl groups excluding tert-OH is 1. The van der Waals surface area contributed by atoms with E-state index in [0.717, 1.165) is 31.2 Å². The fourth-order valence-electron chi connectivity index (χ4n) is 2.93. The van der Waals surface area contributed by atoms with Crippen LogP contribution in [-0.2, 0) is 0 Å². The van der Waals surface area contributed by atoms with Gasteiger partial charge in [0.15, 0.2) is 0 Å². The summed E-state index contributed by atoms with van der Waals surface area (Å²) in [5.74, 6) is 0.594. The second-order valence-corrected chi connectivity index (χ2v) is 5.88. The van der Waals surface area contributed by atoms with Crippen molar-refractivity contribution in [3.63, 3.8) is 0 Å². The predicted molar refractivity (Wildman–Crippen MR) is 69.6 cm³/mol. The van der Waals surface area contributed by atoms with E-state index in [0.29, 0.717) is 5.92 Å². The van der Waals surface area contributed by atoms with Crippen LogP contribution in [0.4, 0.5) is 0 Å². The first-order valence-corrected chi connectivity index (χ1v) is 7.27. The largest absolute Gasteiger partial charge is 0.387 e. The molecule has 1 aromatic heterocycles. The van der Waals surface area contributed by atoms with Crippen LogP contribution in [0.15, 0.2) is 16.8 Å². The van der Waals surface area contributed by atoms with Crippen LogP contribution in [-0.4, -0.2) is 5.11 Å². The summed E-state index contributed by atoms with van der Waals surface area (Å²) in [6, 6.07) is 4.36. The number of nitrogens with zero attached hydrogens (tertiary/aromatic N) is 1. The summed E-state index contributed by atoms with van der Waals surface area (Å²) in [7, 11) is 0. The third-order valence-corrected chi connectivity index (χ3v) is 4.77. The van der Waals surface area contributed by atoms with Gasteiger partial charge in [0.05, 0.1) is 17.6 Å². The molecular weight excluding hydrogens is 230 g/mol. The molecule has 2 rings (SSSR count). The van der Waals surface area contributed by atoms with E-state index < -0.39 is 11.5 Å². The standard InChI is InChI=1S/C14H19NOS/c1-2-11-4-3-6-14(8-11,10-15)13(16)12-5-7-17-9-12/h5,7,9,11,13,16H,2-4,6,8H2,1H3. The van der Waals surface area contributed by atoms with Gasteiger partial charge in [-0.2, -0.15) is 16.6 Å². The second-order valence-electron chi connectivity index (χ2n) is 5.10. The second kappa shape index (κ2) is 5.20. The van der Waals surface area contributed by atoms with E-state index in [4.69, 9.17) is 0 Å². The van der Waals surface area contributed by atoms with Gasteiger partial charge in [0.2, 0.25) is 0 Å². The van der Waals surface area contributed by atoms with Gasteiger partial charge in [-0.25, -0.2) is 0 Å². The predicted octanol–water partition coefficient (Wildman–Crippen LogP) is 3.89. The summed E-state index contributed by atoms with van der Waals surface area (Å²) in [5, 5.41) is 23.9. The zero-order chi connectivity index (χ0) is 12.3. The maximum atomic E-state index is 10.5. The molecule has 1 N–H and O–H groups in total. The first-order chi connectivity index (χ1) is 8.22. The SMILES string of the molecule is CCC1CCCC(C#N)(C(O)c2ccsc2)C1. The Bertz CT molecular complexity index is 395. The van der Waals surface area contributed by atoms with Crippen LogP contribution in [0.25, 0.3) is 0 Å². The van der Waals surface area contributed by atoms with Gasteiger partial charge >= 0.3 is 0 Å². The van der Waals surface area contributed by atoms with Crippen LogP contribution in [0.3, 0.4) is 0 Å². The van der Waals surface area contributed by atoms with Crippen LogP contribution in [0.5, 0.6) is 0 Å². The van der Waals surface area contributed by atoms with Gasteiger partial charge in [-0.05, 0) is 41.1 Å². The molecule has 3 atom stereocenters. The van der Waals surface area contributed by atoms with Crippen molar-refractivity contribution in [3.8, 4) is 6.07 Å². The first-order valence-electron chi connectivity index (χ1n) is 6.33. The van der Waals surface area contributed by atoms with Gasteiger partial charge in [0.25, 0.3) is 0 Å². The molecule has 1 aliphatic carbocycles. The minimum atomic E-state index is -0.618. The molecule has 0 aromatic carbocycles. The molecule has 1 aliphatic rings. The molecule has 17 heavy (non-hydrogen) atoms. The Balaban J connectivity index is 2.22. The minimum Gasteiger partial charge on any atom is -0.387 e. The maximum Gasteiger partial charge on any atom is 0.0984 e. The summed E-state index contributed by atoms with van der Waals surface area (Å²) < 4.78 is 0. The highest BCUT2D eigenvalue weighted by Crippen LogP contribution is 2.48. The molecule has 2 nitrogen and oxygen atoms in total. The van der Waals surface area contributed by atoms with Crippen LogP contribution in [0, 0.1) is 22.7 Å². The van der Waals surface area contributed by atoms with Crippen molar-refractivity contribution >= 4 is 11.3 Å². The quantitative estimate of drug-likeness (QED) is 0.883. The number of rotatable bonds is 3. The van der Waals surface area contributed by atoms with Crippen molar-refractivity contribution in [3.05, 3.63) is 22.4 Å². The minimum absolute atomic E-state index is 0.556. The lowest BCUT2D eigenvalue weighted by atomic mass is 9.65. The van der Waals surface area contributed by atoms with Crippen LogP contribution in [0.2, 0.25) is 0 Å². The highest BCUT2D eigenvalue weighted by molar-refractivity contribution is 7.07. The molecule has 0 amide bonds. The Morgan fingerprint density at radius 2 is 2.53 bits per heavy atom. The fourth-order valence-corrected chi connectivity index (χ4v) is 3.61. The molecule has 0 saturated heterocycles. The molecule has 1 saturated carbocycles. The van der Waals surface area contributed by atoms with E-state index in [1.807, 2.05) is 16.8 Å². The van der Waals surface area contributed by atoms with E-state index in [-0.39, 0.29) is 0 Å². The average Bonchev–Trinajstić information content (AvgIpc) is 2.91. The molecule has 92 valence electrons. The average molecular weight is 249 g/mol. The Kier molecular flexibility index (Phi) is 3.86. The molecule has 1 fully saturated rings. The van der Waals surface area contributed by atoms with E-state index >= 15 is 0 Å². The Morgan fingerprint density at radius 3 is 3.12 bits per heavy atom. The Labute approximate surface area is 107 Å². The smallest absolute Gasteiger partial charge is 0.0984 e. The van der Waals surface area contributed by atoms with Crippen LogP contribution in [0.1, 0.15) is 50.7 Å². The number of hydrogen-bond acceptors (Lipinski definition) is 3. The lowest BCUT2D eigenvalue weighted by molar-refractivity contribution is 0.0188. The molecule has 3 unspecified atom stereocenters. The third kappa shape index (κ3) is 2.38. The van der Waals surface area contributed by atoms with Crippen molar-refractivity contribution in [2.75, 3.05) is 0 Å². The molecule has 0 spiro atoms. The molecule has 3 heteroatoms.